The van der Waals surface area contributed by atoms with Gasteiger partial charge in [0, 0.05) is 5.56 Å². The Hall–Kier alpha value is -3.72. The second-order valence-corrected chi connectivity index (χ2v) is 7.41. The summed E-state index contributed by atoms with van der Waals surface area (Å²) in [7, 11) is 1.65. The number of nitrogens with one attached hydrogen (secondary N) is 1. The van der Waals surface area contributed by atoms with E-state index in [4.69, 9.17) is 14.6 Å². The highest BCUT2D eigenvalue weighted by Gasteiger charge is 2.18. The molecule has 0 aliphatic carbocycles. The van der Waals surface area contributed by atoms with Crippen molar-refractivity contribution in [1.82, 2.24) is 30.0 Å². The number of aromatic amines is 1. The maximum atomic E-state index is 5.74. The van der Waals surface area contributed by atoms with Crippen LogP contribution in [-0.2, 0) is 0 Å². The molecule has 0 aliphatic heterocycles. The summed E-state index contributed by atoms with van der Waals surface area (Å²) in [6.07, 6.45) is 0. The molecule has 0 saturated carbocycles. The van der Waals surface area contributed by atoms with Crippen LogP contribution in [0.5, 0.6) is 11.5 Å². The Labute approximate surface area is 176 Å². The van der Waals surface area contributed by atoms with Crippen LogP contribution in [0.25, 0.3) is 38.3 Å². The molecule has 0 aliphatic rings. The summed E-state index contributed by atoms with van der Waals surface area (Å²) < 4.78 is 12.7. The highest BCUT2D eigenvalue weighted by molar-refractivity contribution is 7.19. The van der Waals surface area contributed by atoms with E-state index >= 15 is 0 Å². The van der Waals surface area contributed by atoms with Gasteiger partial charge in [0.05, 0.1) is 25.0 Å². The number of H-pyrrole nitrogens is 1. The molecule has 5 aromatic rings. The molecule has 2 aromatic carbocycles. The minimum Gasteiger partial charge on any atom is -0.497 e. The Bertz CT molecular complexity index is 1300. The summed E-state index contributed by atoms with van der Waals surface area (Å²) in [5.74, 6) is 2.21. The lowest BCUT2D eigenvalue weighted by atomic mass is 10.1. The van der Waals surface area contributed by atoms with Crippen molar-refractivity contribution in [2.75, 3.05) is 13.7 Å². The van der Waals surface area contributed by atoms with Gasteiger partial charge in [-0.25, -0.2) is 0 Å². The molecule has 0 fully saturated rings. The summed E-state index contributed by atoms with van der Waals surface area (Å²) in [5.41, 5.74) is 3.46. The van der Waals surface area contributed by atoms with E-state index in [1.807, 2.05) is 61.5 Å². The van der Waals surface area contributed by atoms with Crippen molar-refractivity contribution in [3.8, 4) is 44.8 Å². The van der Waals surface area contributed by atoms with Crippen LogP contribution in [0.1, 0.15) is 6.92 Å². The van der Waals surface area contributed by atoms with Crippen LogP contribution in [0.3, 0.4) is 0 Å². The molecule has 3 heterocycles. The first-order valence-electron chi connectivity index (χ1n) is 9.41. The first-order chi connectivity index (χ1) is 14.8. The van der Waals surface area contributed by atoms with Gasteiger partial charge in [0.25, 0.3) is 0 Å². The van der Waals surface area contributed by atoms with Gasteiger partial charge in [0.15, 0.2) is 5.01 Å². The molecule has 0 spiro atoms. The van der Waals surface area contributed by atoms with E-state index < -0.39 is 0 Å². The standard InChI is InChI=1S/C21H18N6O2S/c1-3-29-18-7-5-4-6-15(18)20-26-27-19(24-25-21(27)30-20)17-12-16(22-23-17)13-8-10-14(28-2)11-9-13/h4-12H,3H2,1-2H3,(H,22,23). The molecule has 0 radical (unpaired) electrons. The van der Waals surface area contributed by atoms with Gasteiger partial charge in [-0.1, -0.05) is 23.5 Å². The molecular weight excluding hydrogens is 400 g/mol. The summed E-state index contributed by atoms with van der Waals surface area (Å²) in [6, 6.07) is 17.5. The van der Waals surface area contributed by atoms with Crippen LogP contribution in [-0.4, -0.2) is 43.7 Å². The van der Waals surface area contributed by atoms with Crippen molar-refractivity contribution in [1.29, 1.82) is 0 Å². The largest absolute Gasteiger partial charge is 0.497 e. The third-order valence-corrected chi connectivity index (χ3v) is 5.54. The molecule has 0 amide bonds. The fraction of sp³-hybridized carbons (Fsp3) is 0.143. The number of ether oxygens (including phenoxy) is 2. The van der Waals surface area contributed by atoms with Gasteiger partial charge in [0.2, 0.25) is 10.8 Å². The van der Waals surface area contributed by atoms with E-state index in [9.17, 15) is 0 Å². The Kier molecular flexibility index (Phi) is 4.64. The molecule has 0 unspecified atom stereocenters. The molecule has 5 rings (SSSR count). The Balaban J connectivity index is 1.51. The third kappa shape index (κ3) is 3.18. The average molecular weight is 418 g/mol. The Morgan fingerprint density at radius 3 is 2.70 bits per heavy atom. The van der Waals surface area contributed by atoms with Gasteiger partial charge in [0.1, 0.15) is 17.2 Å². The monoisotopic (exact) mass is 418 g/mol. The van der Waals surface area contributed by atoms with Crippen molar-refractivity contribution >= 4 is 16.3 Å². The summed E-state index contributed by atoms with van der Waals surface area (Å²) in [6.45, 7) is 2.56. The average Bonchev–Trinajstić information content (AvgIpc) is 3.50. The van der Waals surface area contributed by atoms with Crippen LogP contribution in [0.4, 0.5) is 0 Å². The van der Waals surface area contributed by atoms with Gasteiger partial charge in [-0.15, -0.1) is 10.2 Å². The highest BCUT2D eigenvalue weighted by Crippen LogP contribution is 2.34. The van der Waals surface area contributed by atoms with Crippen LogP contribution in [0, 0.1) is 0 Å². The minimum absolute atomic E-state index is 0.592. The van der Waals surface area contributed by atoms with Gasteiger partial charge < -0.3 is 9.47 Å². The van der Waals surface area contributed by atoms with Gasteiger partial charge in [-0.3, -0.25) is 5.10 Å². The van der Waals surface area contributed by atoms with Crippen LogP contribution in [0.2, 0.25) is 0 Å². The molecule has 0 saturated heterocycles. The third-order valence-electron chi connectivity index (χ3n) is 4.61. The first kappa shape index (κ1) is 18.3. The van der Waals surface area contributed by atoms with E-state index in [1.54, 1.807) is 11.6 Å². The molecule has 0 bridgehead atoms. The molecule has 3 aromatic heterocycles. The SMILES string of the molecule is CCOc1ccccc1-c1nn2c(-c3cc(-c4ccc(OC)cc4)n[nH]3)nnc2s1. The highest BCUT2D eigenvalue weighted by atomic mass is 32.1. The fourth-order valence-corrected chi connectivity index (χ4v) is 4.03. The molecule has 150 valence electrons. The lowest BCUT2D eigenvalue weighted by Gasteiger charge is -2.06. The molecule has 30 heavy (non-hydrogen) atoms. The fourth-order valence-electron chi connectivity index (χ4n) is 3.16. The van der Waals surface area contributed by atoms with Crippen molar-refractivity contribution < 1.29 is 9.47 Å². The van der Waals surface area contributed by atoms with E-state index in [0.29, 0.717) is 17.4 Å². The number of methoxy groups -OCH3 is 1. The zero-order valence-electron chi connectivity index (χ0n) is 16.4. The quantitative estimate of drug-likeness (QED) is 0.442. The first-order valence-corrected chi connectivity index (χ1v) is 10.2. The van der Waals surface area contributed by atoms with Crippen LogP contribution >= 0.6 is 11.3 Å². The smallest absolute Gasteiger partial charge is 0.235 e. The van der Waals surface area contributed by atoms with Crippen molar-refractivity contribution in [2.45, 2.75) is 6.92 Å². The van der Waals surface area contributed by atoms with Crippen molar-refractivity contribution in [3.05, 3.63) is 54.6 Å². The van der Waals surface area contributed by atoms with Crippen LogP contribution < -0.4 is 9.47 Å². The topological polar surface area (TPSA) is 90.2 Å². The lowest BCUT2D eigenvalue weighted by molar-refractivity contribution is 0.341. The predicted octanol–water partition coefficient (Wildman–Crippen LogP) is 4.32. The number of hydrogen-bond acceptors (Lipinski definition) is 7. The molecule has 0 atom stereocenters. The summed E-state index contributed by atoms with van der Waals surface area (Å²) in [4.78, 5) is 0.701. The van der Waals surface area contributed by atoms with Crippen LogP contribution in [0.15, 0.2) is 54.6 Å². The number of nitrogens with zero attached hydrogens (tertiary/aromatic N) is 5. The van der Waals surface area contributed by atoms with Crippen molar-refractivity contribution in [3.63, 3.8) is 0 Å². The maximum Gasteiger partial charge on any atom is 0.235 e. The number of hydrogen-bond donors (Lipinski definition) is 1. The maximum absolute atomic E-state index is 5.74. The van der Waals surface area contributed by atoms with Crippen molar-refractivity contribution in [2.24, 2.45) is 0 Å². The molecule has 9 heteroatoms. The van der Waals surface area contributed by atoms with E-state index in [-0.39, 0.29) is 0 Å². The number of rotatable bonds is 6. The summed E-state index contributed by atoms with van der Waals surface area (Å²) in [5, 5.41) is 21.6. The number of para-hydroxylation sites is 1. The Morgan fingerprint density at radius 1 is 1.07 bits per heavy atom. The van der Waals surface area contributed by atoms with Gasteiger partial charge in [-0.05, 0) is 49.4 Å². The number of benzene rings is 2. The second-order valence-electron chi connectivity index (χ2n) is 6.45. The number of fused-ring (bicyclic) bond motifs is 1. The van der Waals surface area contributed by atoms with E-state index in [1.165, 1.54) is 11.3 Å². The normalized spacial score (nSPS) is 11.1. The van der Waals surface area contributed by atoms with Gasteiger partial charge >= 0.3 is 0 Å². The Morgan fingerprint density at radius 2 is 1.90 bits per heavy atom. The lowest BCUT2D eigenvalue weighted by Crippen LogP contribution is -1.95. The second kappa shape index (κ2) is 7.60. The van der Waals surface area contributed by atoms with Gasteiger partial charge in [-0.2, -0.15) is 14.7 Å². The van der Waals surface area contributed by atoms with E-state index in [0.717, 1.165) is 39.0 Å². The predicted molar refractivity (Wildman–Crippen MR) is 115 cm³/mol. The zero-order chi connectivity index (χ0) is 20.5. The molecular formula is C21H18N6O2S. The minimum atomic E-state index is 0.592. The zero-order valence-corrected chi connectivity index (χ0v) is 17.2. The van der Waals surface area contributed by atoms with E-state index in [2.05, 4.69) is 20.4 Å². The molecule has 8 nitrogen and oxygen atoms in total. The molecule has 1 N–H and O–H groups in total. The summed E-state index contributed by atoms with van der Waals surface area (Å²) >= 11 is 1.46. The number of aromatic nitrogens is 6.